The predicted octanol–water partition coefficient (Wildman–Crippen LogP) is 3.81. The fourth-order valence-electron chi connectivity index (χ4n) is 1.92. The number of aliphatic hydroxyl groups excluding tert-OH is 1. The average Bonchev–Trinajstić information content (AvgIpc) is 2.43. The minimum Gasteiger partial charge on any atom is -0.490 e. The first kappa shape index (κ1) is 21.3. The number of aliphatic hydroxyl groups is 1. The Kier molecular flexibility index (Phi) is 10.6. The molecule has 0 aliphatic carbocycles. The van der Waals surface area contributed by atoms with E-state index in [4.69, 9.17) is 21.1 Å². The Labute approximate surface area is 144 Å². The monoisotopic (exact) mass is 351 g/mol. The molecule has 1 unspecified atom stereocenters. The number of nitrogens with one attached hydrogen (secondary N) is 1. The molecule has 22 heavy (non-hydrogen) atoms. The van der Waals surface area contributed by atoms with E-state index in [1.807, 2.05) is 33.8 Å². The summed E-state index contributed by atoms with van der Waals surface area (Å²) in [6.07, 6.45) is 0.921. The van der Waals surface area contributed by atoms with Crippen molar-refractivity contribution in [1.82, 2.24) is 5.32 Å². The summed E-state index contributed by atoms with van der Waals surface area (Å²) in [5.74, 6) is 1.36. The molecule has 0 fully saturated rings. The van der Waals surface area contributed by atoms with Gasteiger partial charge in [-0.05, 0) is 38.8 Å². The second-order valence-corrected chi connectivity index (χ2v) is 5.57. The fourth-order valence-corrected chi connectivity index (χ4v) is 2.14. The van der Waals surface area contributed by atoms with Crippen molar-refractivity contribution in [2.45, 2.75) is 52.8 Å². The number of hydrogen-bond donors (Lipinski definition) is 2. The van der Waals surface area contributed by atoms with E-state index in [-0.39, 0.29) is 31.2 Å². The second-order valence-electron chi connectivity index (χ2n) is 5.16. The molecule has 0 aliphatic rings. The second kappa shape index (κ2) is 10.9. The summed E-state index contributed by atoms with van der Waals surface area (Å²) in [6.45, 7) is 9.15. The van der Waals surface area contributed by atoms with Crippen LogP contribution in [0.4, 0.5) is 0 Å². The molecule has 1 aromatic carbocycles. The summed E-state index contributed by atoms with van der Waals surface area (Å²) in [7, 11) is 0. The molecule has 128 valence electrons. The van der Waals surface area contributed by atoms with Gasteiger partial charge in [0.15, 0.2) is 11.5 Å². The van der Waals surface area contributed by atoms with Crippen molar-refractivity contribution in [1.29, 1.82) is 0 Å². The van der Waals surface area contributed by atoms with E-state index in [1.54, 1.807) is 6.07 Å². The SMILES string of the molecule is CCOc1cc(CNC(CC)CO)c(Cl)cc1OC(C)C.Cl. The minimum atomic E-state index is 0. The van der Waals surface area contributed by atoms with Gasteiger partial charge in [0.25, 0.3) is 0 Å². The van der Waals surface area contributed by atoms with Gasteiger partial charge in [-0.25, -0.2) is 0 Å². The van der Waals surface area contributed by atoms with E-state index >= 15 is 0 Å². The van der Waals surface area contributed by atoms with Crippen LogP contribution < -0.4 is 14.8 Å². The van der Waals surface area contributed by atoms with Crippen LogP contribution in [-0.2, 0) is 6.54 Å². The third-order valence-corrected chi connectivity index (χ3v) is 3.42. The van der Waals surface area contributed by atoms with E-state index in [0.29, 0.717) is 29.7 Å². The van der Waals surface area contributed by atoms with E-state index in [9.17, 15) is 5.11 Å². The van der Waals surface area contributed by atoms with Crippen molar-refractivity contribution in [3.05, 3.63) is 22.7 Å². The number of benzene rings is 1. The first-order chi connectivity index (χ1) is 10.0. The van der Waals surface area contributed by atoms with Gasteiger partial charge in [-0.2, -0.15) is 0 Å². The predicted molar refractivity (Wildman–Crippen MR) is 93.6 cm³/mol. The van der Waals surface area contributed by atoms with Gasteiger partial charge >= 0.3 is 0 Å². The Morgan fingerprint density at radius 2 is 1.91 bits per heavy atom. The summed E-state index contributed by atoms with van der Waals surface area (Å²) >= 11 is 6.32. The minimum absolute atomic E-state index is 0. The van der Waals surface area contributed by atoms with Crippen LogP contribution in [0.3, 0.4) is 0 Å². The van der Waals surface area contributed by atoms with Crippen LogP contribution in [0.2, 0.25) is 5.02 Å². The summed E-state index contributed by atoms with van der Waals surface area (Å²) in [5.41, 5.74) is 0.933. The molecule has 1 aromatic rings. The van der Waals surface area contributed by atoms with Crippen molar-refractivity contribution in [3.8, 4) is 11.5 Å². The van der Waals surface area contributed by atoms with Gasteiger partial charge in [0.2, 0.25) is 0 Å². The van der Waals surface area contributed by atoms with Crippen molar-refractivity contribution < 1.29 is 14.6 Å². The third kappa shape index (κ3) is 6.61. The highest BCUT2D eigenvalue weighted by Gasteiger charge is 2.13. The average molecular weight is 352 g/mol. The standard InChI is InChI=1S/C16H26ClNO3.ClH/c1-5-13(10-19)18-9-12-7-15(20-6-2)16(8-14(12)17)21-11(3)4;/h7-8,11,13,18-19H,5-6,9-10H2,1-4H3;1H. The van der Waals surface area contributed by atoms with Gasteiger partial charge in [-0.3, -0.25) is 0 Å². The first-order valence-corrected chi connectivity index (χ1v) is 7.85. The van der Waals surface area contributed by atoms with Crippen molar-refractivity contribution >= 4 is 24.0 Å². The number of halogens is 2. The summed E-state index contributed by atoms with van der Waals surface area (Å²) in [6, 6.07) is 3.77. The Morgan fingerprint density at radius 3 is 2.41 bits per heavy atom. The van der Waals surface area contributed by atoms with Gasteiger partial charge in [0, 0.05) is 23.7 Å². The van der Waals surface area contributed by atoms with Crippen LogP contribution in [0, 0.1) is 0 Å². The number of rotatable bonds is 9. The molecule has 0 saturated heterocycles. The molecular formula is C16H27Cl2NO3. The van der Waals surface area contributed by atoms with Crippen LogP contribution in [-0.4, -0.2) is 30.5 Å². The first-order valence-electron chi connectivity index (χ1n) is 7.47. The topological polar surface area (TPSA) is 50.7 Å². The van der Waals surface area contributed by atoms with Crippen LogP contribution in [0.25, 0.3) is 0 Å². The van der Waals surface area contributed by atoms with Gasteiger partial charge in [-0.1, -0.05) is 18.5 Å². The molecule has 2 N–H and O–H groups in total. The third-order valence-electron chi connectivity index (χ3n) is 3.07. The van der Waals surface area contributed by atoms with Crippen LogP contribution in [0.15, 0.2) is 12.1 Å². The summed E-state index contributed by atoms with van der Waals surface area (Å²) in [5, 5.41) is 13.1. The van der Waals surface area contributed by atoms with Gasteiger partial charge in [-0.15, -0.1) is 12.4 Å². The molecule has 4 nitrogen and oxygen atoms in total. The number of hydrogen-bond acceptors (Lipinski definition) is 4. The highest BCUT2D eigenvalue weighted by molar-refractivity contribution is 6.31. The lowest BCUT2D eigenvalue weighted by Crippen LogP contribution is -2.31. The van der Waals surface area contributed by atoms with E-state index in [2.05, 4.69) is 5.32 Å². The van der Waals surface area contributed by atoms with E-state index < -0.39 is 0 Å². The zero-order valence-electron chi connectivity index (χ0n) is 13.7. The maximum Gasteiger partial charge on any atom is 0.163 e. The van der Waals surface area contributed by atoms with E-state index in [0.717, 1.165) is 12.0 Å². The molecule has 0 saturated carbocycles. The molecule has 0 aliphatic heterocycles. The Bertz CT molecular complexity index is 438. The van der Waals surface area contributed by atoms with Crippen molar-refractivity contribution in [3.63, 3.8) is 0 Å². The lowest BCUT2D eigenvalue weighted by Gasteiger charge is -2.18. The Hall–Kier alpha value is -0.680. The van der Waals surface area contributed by atoms with Gasteiger partial charge < -0.3 is 19.9 Å². The quantitative estimate of drug-likeness (QED) is 0.710. The Balaban J connectivity index is 0.00000441. The molecule has 1 rings (SSSR count). The molecule has 0 aromatic heterocycles. The largest absolute Gasteiger partial charge is 0.490 e. The smallest absolute Gasteiger partial charge is 0.163 e. The maximum atomic E-state index is 9.22. The van der Waals surface area contributed by atoms with Crippen LogP contribution >= 0.6 is 24.0 Å². The molecule has 1 atom stereocenters. The molecule has 6 heteroatoms. The van der Waals surface area contributed by atoms with Gasteiger partial charge in [0.05, 0.1) is 19.3 Å². The highest BCUT2D eigenvalue weighted by atomic mass is 35.5. The fraction of sp³-hybridized carbons (Fsp3) is 0.625. The zero-order valence-corrected chi connectivity index (χ0v) is 15.3. The molecule has 0 bridgehead atoms. The van der Waals surface area contributed by atoms with E-state index in [1.165, 1.54) is 0 Å². The molecule has 0 amide bonds. The summed E-state index contributed by atoms with van der Waals surface area (Å²) in [4.78, 5) is 0. The lowest BCUT2D eigenvalue weighted by molar-refractivity contribution is 0.223. The zero-order chi connectivity index (χ0) is 15.8. The van der Waals surface area contributed by atoms with Crippen LogP contribution in [0.1, 0.15) is 39.7 Å². The maximum absolute atomic E-state index is 9.22. The van der Waals surface area contributed by atoms with Crippen molar-refractivity contribution in [2.24, 2.45) is 0 Å². The van der Waals surface area contributed by atoms with Crippen molar-refractivity contribution in [2.75, 3.05) is 13.2 Å². The molecule has 0 heterocycles. The van der Waals surface area contributed by atoms with Crippen LogP contribution in [0.5, 0.6) is 11.5 Å². The normalized spacial score (nSPS) is 12.0. The summed E-state index contributed by atoms with van der Waals surface area (Å²) < 4.78 is 11.4. The Morgan fingerprint density at radius 1 is 1.23 bits per heavy atom. The number of ether oxygens (including phenoxy) is 2. The highest BCUT2D eigenvalue weighted by Crippen LogP contribution is 2.34. The molecule has 0 spiro atoms. The molecule has 0 radical (unpaired) electrons. The lowest BCUT2D eigenvalue weighted by atomic mass is 10.1. The van der Waals surface area contributed by atoms with Gasteiger partial charge in [0.1, 0.15) is 0 Å². The molecular weight excluding hydrogens is 325 g/mol.